The van der Waals surface area contributed by atoms with E-state index in [0.29, 0.717) is 25.1 Å². The quantitative estimate of drug-likeness (QED) is 0.905. The van der Waals surface area contributed by atoms with Crippen molar-refractivity contribution in [3.8, 4) is 0 Å². The molecule has 0 fully saturated rings. The molecule has 0 spiro atoms. The van der Waals surface area contributed by atoms with Gasteiger partial charge in [-0.2, -0.15) is 0 Å². The molecule has 0 aliphatic carbocycles. The van der Waals surface area contributed by atoms with Crippen LogP contribution in [-0.2, 0) is 12.8 Å². The van der Waals surface area contributed by atoms with E-state index in [1.807, 2.05) is 36.4 Å². The Kier molecular flexibility index (Phi) is 3.90. The number of anilines is 1. The highest BCUT2D eigenvalue weighted by Gasteiger charge is 2.31. The van der Waals surface area contributed by atoms with Crippen molar-refractivity contribution < 1.29 is 14.6 Å². The van der Waals surface area contributed by atoms with Crippen LogP contribution in [0.25, 0.3) is 0 Å². The fraction of sp³-hybridized carbons (Fsp3) is 0.294. The molecule has 3 nitrogen and oxygen atoms in total. The Morgan fingerprint density at radius 2 is 1.81 bits per heavy atom. The van der Waals surface area contributed by atoms with E-state index in [0.717, 1.165) is 11.1 Å². The first-order valence-electron chi connectivity index (χ1n) is 7.11. The third kappa shape index (κ3) is 2.77. The largest absolute Gasteiger partial charge is 0.388 e. The average molecular weight is 287 g/mol. The second-order valence-electron chi connectivity index (χ2n) is 5.36. The zero-order valence-corrected chi connectivity index (χ0v) is 11.6. The van der Waals surface area contributed by atoms with Crippen LogP contribution in [0.1, 0.15) is 11.1 Å². The SMILES string of the molecule is OC(Cc1ccccc1)C(O)N1CCc2cccc(F)c21. The average Bonchev–Trinajstić information content (AvgIpc) is 2.93. The Morgan fingerprint density at radius 1 is 1.05 bits per heavy atom. The number of aliphatic hydroxyl groups excluding tert-OH is 2. The summed E-state index contributed by atoms with van der Waals surface area (Å²) in [5.41, 5.74) is 2.23. The number of nitrogens with zero attached hydrogens (tertiary/aromatic N) is 1. The molecular weight excluding hydrogens is 269 g/mol. The number of halogens is 1. The van der Waals surface area contributed by atoms with Gasteiger partial charge in [0.15, 0.2) is 6.23 Å². The van der Waals surface area contributed by atoms with Gasteiger partial charge >= 0.3 is 0 Å². The molecule has 0 saturated carbocycles. The Balaban J connectivity index is 1.76. The standard InChI is InChI=1S/C17H18FNO2/c18-14-8-4-7-13-9-10-19(16(13)14)17(21)15(20)11-12-5-2-1-3-6-12/h1-8,15,17,20-21H,9-11H2. The molecule has 1 heterocycles. The van der Waals surface area contributed by atoms with Crippen LogP contribution in [0.5, 0.6) is 0 Å². The van der Waals surface area contributed by atoms with E-state index in [9.17, 15) is 14.6 Å². The van der Waals surface area contributed by atoms with E-state index >= 15 is 0 Å². The zero-order chi connectivity index (χ0) is 14.8. The number of para-hydroxylation sites is 1. The number of rotatable bonds is 4. The second-order valence-corrected chi connectivity index (χ2v) is 5.36. The molecule has 0 saturated heterocycles. The highest BCUT2D eigenvalue weighted by atomic mass is 19.1. The van der Waals surface area contributed by atoms with Crippen LogP contribution in [0, 0.1) is 5.82 Å². The lowest BCUT2D eigenvalue weighted by atomic mass is 10.1. The first-order valence-corrected chi connectivity index (χ1v) is 7.11. The smallest absolute Gasteiger partial charge is 0.153 e. The Labute approximate surface area is 123 Å². The molecule has 0 amide bonds. The van der Waals surface area contributed by atoms with E-state index in [1.165, 1.54) is 6.07 Å². The molecule has 0 radical (unpaired) electrons. The summed E-state index contributed by atoms with van der Waals surface area (Å²) >= 11 is 0. The van der Waals surface area contributed by atoms with Gasteiger partial charge in [-0.3, -0.25) is 0 Å². The molecule has 0 bridgehead atoms. The fourth-order valence-electron chi connectivity index (χ4n) is 2.87. The van der Waals surface area contributed by atoms with Gasteiger partial charge in [0.25, 0.3) is 0 Å². The summed E-state index contributed by atoms with van der Waals surface area (Å²) in [6, 6.07) is 14.4. The summed E-state index contributed by atoms with van der Waals surface area (Å²) in [4.78, 5) is 1.55. The summed E-state index contributed by atoms with van der Waals surface area (Å²) in [6.07, 6.45) is -1.05. The lowest BCUT2D eigenvalue weighted by Gasteiger charge is -2.30. The maximum Gasteiger partial charge on any atom is 0.153 e. The first-order chi connectivity index (χ1) is 10.2. The van der Waals surface area contributed by atoms with Crippen molar-refractivity contribution >= 4 is 5.69 Å². The van der Waals surface area contributed by atoms with Gasteiger partial charge < -0.3 is 15.1 Å². The summed E-state index contributed by atoms with van der Waals surface area (Å²) in [5, 5.41) is 20.6. The molecule has 3 rings (SSSR count). The van der Waals surface area contributed by atoms with Gasteiger partial charge in [-0.25, -0.2) is 4.39 Å². The predicted molar refractivity (Wildman–Crippen MR) is 79.6 cm³/mol. The third-order valence-electron chi connectivity index (χ3n) is 3.93. The van der Waals surface area contributed by atoms with Crippen molar-refractivity contribution in [1.82, 2.24) is 0 Å². The molecule has 2 atom stereocenters. The van der Waals surface area contributed by atoms with Crippen LogP contribution >= 0.6 is 0 Å². The monoisotopic (exact) mass is 287 g/mol. The molecule has 1 aliphatic heterocycles. The number of aliphatic hydroxyl groups is 2. The minimum absolute atomic E-state index is 0.336. The van der Waals surface area contributed by atoms with Gasteiger partial charge in [-0.05, 0) is 23.6 Å². The van der Waals surface area contributed by atoms with Gasteiger partial charge in [0.05, 0.1) is 5.69 Å². The first kappa shape index (κ1) is 14.0. The van der Waals surface area contributed by atoms with E-state index in [-0.39, 0.29) is 5.82 Å². The fourth-order valence-corrected chi connectivity index (χ4v) is 2.87. The Hall–Kier alpha value is -1.91. The molecular formula is C17H18FNO2. The molecule has 2 unspecified atom stereocenters. The van der Waals surface area contributed by atoms with Gasteiger partial charge in [0.1, 0.15) is 11.9 Å². The van der Waals surface area contributed by atoms with E-state index in [4.69, 9.17) is 0 Å². The maximum atomic E-state index is 14.0. The Bertz CT molecular complexity index is 617. The molecule has 2 aromatic carbocycles. The van der Waals surface area contributed by atoms with Crippen molar-refractivity contribution in [1.29, 1.82) is 0 Å². The van der Waals surface area contributed by atoms with Crippen LogP contribution in [-0.4, -0.2) is 29.1 Å². The van der Waals surface area contributed by atoms with Crippen molar-refractivity contribution in [3.63, 3.8) is 0 Å². The van der Waals surface area contributed by atoms with E-state index in [1.54, 1.807) is 11.0 Å². The van der Waals surface area contributed by atoms with E-state index in [2.05, 4.69) is 0 Å². The number of fused-ring (bicyclic) bond motifs is 1. The molecule has 2 aromatic rings. The minimum Gasteiger partial charge on any atom is -0.388 e. The number of hydrogen-bond acceptors (Lipinski definition) is 3. The van der Waals surface area contributed by atoms with Gasteiger partial charge in [0, 0.05) is 13.0 Å². The topological polar surface area (TPSA) is 43.7 Å². The summed E-state index contributed by atoms with van der Waals surface area (Å²) < 4.78 is 14.0. The van der Waals surface area contributed by atoms with Crippen molar-refractivity contribution in [2.45, 2.75) is 25.2 Å². The van der Waals surface area contributed by atoms with Crippen LogP contribution in [0.3, 0.4) is 0 Å². The molecule has 0 aromatic heterocycles. The highest BCUT2D eigenvalue weighted by molar-refractivity contribution is 5.59. The van der Waals surface area contributed by atoms with Gasteiger partial charge in [-0.15, -0.1) is 0 Å². The summed E-state index contributed by atoms with van der Waals surface area (Å²) in [5.74, 6) is -0.351. The van der Waals surface area contributed by atoms with Crippen LogP contribution < -0.4 is 4.90 Å². The predicted octanol–water partition coefficient (Wildman–Crippen LogP) is 2.11. The molecule has 1 aliphatic rings. The van der Waals surface area contributed by atoms with Crippen LogP contribution in [0.4, 0.5) is 10.1 Å². The zero-order valence-electron chi connectivity index (χ0n) is 11.6. The van der Waals surface area contributed by atoms with Gasteiger partial charge in [0.2, 0.25) is 0 Å². The molecule has 110 valence electrons. The lowest BCUT2D eigenvalue weighted by molar-refractivity contribution is 0.0190. The number of hydrogen-bond donors (Lipinski definition) is 2. The normalized spacial score (nSPS) is 16.6. The highest BCUT2D eigenvalue weighted by Crippen LogP contribution is 2.32. The van der Waals surface area contributed by atoms with Crippen molar-refractivity contribution in [3.05, 3.63) is 65.5 Å². The van der Waals surface area contributed by atoms with Crippen molar-refractivity contribution in [2.24, 2.45) is 0 Å². The molecule has 2 N–H and O–H groups in total. The Morgan fingerprint density at radius 3 is 2.57 bits per heavy atom. The molecule has 21 heavy (non-hydrogen) atoms. The molecule has 4 heteroatoms. The van der Waals surface area contributed by atoms with Crippen LogP contribution in [0.2, 0.25) is 0 Å². The van der Waals surface area contributed by atoms with Crippen molar-refractivity contribution in [2.75, 3.05) is 11.4 Å². The summed E-state index contributed by atoms with van der Waals surface area (Å²) in [6.45, 7) is 0.517. The minimum atomic E-state index is -1.11. The van der Waals surface area contributed by atoms with Crippen LogP contribution in [0.15, 0.2) is 48.5 Å². The lowest BCUT2D eigenvalue weighted by Crippen LogP contribution is -2.44. The maximum absolute atomic E-state index is 14.0. The van der Waals surface area contributed by atoms with E-state index < -0.39 is 12.3 Å². The van der Waals surface area contributed by atoms with Gasteiger partial charge in [-0.1, -0.05) is 42.5 Å². The third-order valence-corrected chi connectivity index (χ3v) is 3.93. The number of benzene rings is 2. The second kappa shape index (κ2) is 5.84. The summed E-state index contributed by atoms with van der Waals surface area (Å²) in [7, 11) is 0.